The first-order valence-corrected chi connectivity index (χ1v) is 11.8. The molecular weight excluding hydrogens is 527 g/mol. The van der Waals surface area contributed by atoms with Crippen LogP contribution in [0.5, 0.6) is 17.2 Å². The van der Waals surface area contributed by atoms with Gasteiger partial charge in [-0.3, -0.25) is 0 Å². The molecule has 0 saturated carbocycles. The van der Waals surface area contributed by atoms with Crippen molar-refractivity contribution in [2.24, 2.45) is 0 Å². The molecule has 5 nitrogen and oxygen atoms in total. The topological polar surface area (TPSA) is 89.8 Å². The van der Waals surface area contributed by atoms with E-state index < -0.39 is 0 Å². The van der Waals surface area contributed by atoms with E-state index in [2.05, 4.69) is 4.74 Å². The molecule has 38 heavy (non-hydrogen) atoms. The number of carbonyl (C=O) groups is 1. The Hall–Kier alpha value is -3.20. The molecule has 0 saturated heterocycles. The monoisotopic (exact) mass is 556 g/mol. The summed E-state index contributed by atoms with van der Waals surface area (Å²) < 4.78 is 4.67. The van der Waals surface area contributed by atoms with E-state index in [0.29, 0.717) is 17.1 Å². The van der Waals surface area contributed by atoms with Crippen LogP contribution in [-0.2, 0) is 4.74 Å². The van der Waals surface area contributed by atoms with E-state index in [1.807, 2.05) is 53.9 Å². The van der Waals surface area contributed by atoms with Crippen molar-refractivity contribution in [2.75, 3.05) is 7.11 Å². The minimum absolute atomic E-state index is 0. The molecule has 0 bridgehead atoms. The van der Waals surface area contributed by atoms with Crippen LogP contribution in [0.2, 0.25) is 0 Å². The Bertz CT molecular complexity index is 1160. The molecule has 0 atom stereocenters. The number of ether oxygens (including phenoxy) is 1. The summed E-state index contributed by atoms with van der Waals surface area (Å²) in [6.07, 6.45) is 0. The number of aromatic hydroxyl groups is 2. The Kier molecular flexibility index (Phi) is 19.1. The minimum Gasteiger partial charge on any atom is -0.872 e. The first-order valence-electron chi connectivity index (χ1n) is 10.9. The molecule has 192 valence electrons. The molecule has 5 rings (SSSR count). The average Bonchev–Trinajstić information content (AvgIpc) is 3.46. The zero-order valence-electron chi connectivity index (χ0n) is 21.2. The average molecular weight is 557 g/mol. The predicted molar refractivity (Wildman–Crippen MR) is 154 cm³/mol. The number of methoxy groups -OCH3 is 1. The molecule has 0 aliphatic rings. The van der Waals surface area contributed by atoms with E-state index in [1.54, 1.807) is 78.1 Å². The number of esters is 1. The minimum atomic E-state index is -0.298. The van der Waals surface area contributed by atoms with Gasteiger partial charge in [0.05, 0.1) is 12.7 Å². The second-order valence-electron chi connectivity index (χ2n) is 7.03. The zero-order valence-corrected chi connectivity index (χ0v) is 25.0. The molecule has 5 aromatic rings. The molecule has 1 heterocycles. The summed E-state index contributed by atoms with van der Waals surface area (Å²) in [6, 6.07) is 37.2. The van der Waals surface area contributed by atoms with Crippen molar-refractivity contribution in [3.05, 3.63) is 138 Å². The van der Waals surface area contributed by atoms with E-state index in [4.69, 9.17) is 10.2 Å². The summed E-state index contributed by atoms with van der Waals surface area (Å²) in [5, 5.41) is 29.5. The summed E-state index contributed by atoms with van der Waals surface area (Å²) in [7, 11) is 1.39. The van der Waals surface area contributed by atoms with Gasteiger partial charge in [-0.1, -0.05) is 84.9 Å². The van der Waals surface area contributed by atoms with Gasteiger partial charge in [0.25, 0.3) is 0 Å². The molecule has 0 spiro atoms. The molecule has 0 radical (unpaired) electrons. The van der Waals surface area contributed by atoms with Crippen molar-refractivity contribution in [1.29, 1.82) is 0 Å². The van der Waals surface area contributed by atoms with E-state index >= 15 is 0 Å². The maximum Gasteiger partial charge on any atom is 1.00 e. The molecule has 0 unspecified atom stereocenters. The van der Waals surface area contributed by atoms with Gasteiger partial charge in [0.1, 0.15) is 11.5 Å². The Morgan fingerprint density at radius 1 is 0.711 bits per heavy atom. The van der Waals surface area contributed by atoms with E-state index in [1.165, 1.54) is 19.2 Å². The van der Waals surface area contributed by atoms with Crippen molar-refractivity contribution >= 4 is 30.8 Å². The van der Waals surface area contributed by atoms with Gasteiger partial charge < -0.3 is 20.1 Å². The fourth-order valence-electron chi connectivity index (χ4n) is 2.64. The van der Waals surface area contributed by atoms with E-state index in [-0.39, 0.29) is 54.8 Å². The second kappa shape index (κ2) is 20.8. The van der Waals surface area contributed by atoms with Crippen molar-refractivity contribution in [1.82, 2.24) is 0 Å². The van der Waals surface area contributed by atoms with Gasteiger partial charge >= 0.3 is 35.5 Å². The Morgan fingerprint density at radius 3 is 1.55 bits per heavy atom. The number of benzene rings is 4. The predicted octanol–water partition coefficient (Wildman–Crippen LogP) is 3.86. The fraction of sp³-hybridized carbons (Fsp3) is 0.0333. The molecule has 8 heteroatoms. The van der Waals surface area contributed by atoms with Crippen molar-refractivity contribution in [2.45, 2.75) is 0 Å². The normalized spacial score (nSPS) is 8.66. The molecule has 2 N–H and O–H groups in total. The first kappa shape index (κ1) is 34.8. The van der Waals surface area contributed by atoms with Crippen molar-refractivity contribution < 1.29 is 54.4 Å². The number of phenolic OH excluding ortho intramolecular Hbond substituents is 2. The second-order valence-corrected chi connectivity index (χ2v) is 7.98. The summed E-state index contributed by atoms with van der Waals surface area (Å²) >= 11 is 1.65. The van der Waals surface area contributed by atoms with Gasteiger partial charge in [0, 0.05) is 4.88 Å². The van der Waals surface area contributed by atoms with Gasteiger partial charge in [-0.25, -0.2) is 4.79 Å². The largest absolute Gasteiger partial charge is 1.00 e. The standard InChI is InChI=1S/C12H10O2S.3C6H6O.Na.H2S/c1-14-12(13)10-5-2-4-9(8-10)11-6-3-7-15-11;3*7-6-4-2-1-3-5-6;;/h2-8H,1H3;3*1-5,7H;;1H2/q;;;;+1;/p-1. The van der Waals surface area contributed by atoms with E-state index in [0.717, 1.165) is 10.4 Å². The van der Waals surface area contributed by atoms with Gasteiger partial charge in [-0.15, -0.1) is 17.1 Å². The van der Waals surface area contributed by atoms with Crippen LogP contribution in [0.25, 0.3) is 10.4 Å². The maximum absolute atomic E-state index is 11.3. The quantitative estimate of drug-likeness (QED) is 0.255. The van der Waals surface area contributed by atoms with Crippen LogP contribution in [0.4, 0.5) is 0 Å². The third-order valence-corrected chi connectivity index (χ3v) is 5.26. The number of para-hydroxylation sites is 3. The fourth-order valence-corrected chi connectivity index (χ4v) is 3.36. The third kappa shape index (κ3) is 14.5. The summed E-state index contributed by atoms with van der Waals surface area (Å²) in [5.41, 5.74) is 1.64. The summed E-state index contributed by atoms with van der Waals surface area (Å²) in [4.78, 5) is 12.5. The maximum atomic E-state index is 11.3. The Morgan fingerprint density at radius 2 is 1.21 bits per heavy atom. The first-order chi connectivity index (χ1) is 17.5. The molecule has 1 aromatic heterocycles. The van der Waals surface area contributed by atoms with Crippen LogP contribution in [0.1, 0.15) is 10.4 Å². The van der Waals surface area contributed by atoms with Gasteiger partial charge in [-0.2, -0.15) is 13.5 Å². The van der Waals surface area contributed by atoms with Crippen LogP contribution in [0.3, 0.4) is 0 Å². The molecule has 0 fully saturated rings. The molecular formula is C30H29NaO5S2. The number of phenols is 2. The summed E-state index contributed by atoms with van der Waals surface area (Å²) in [6.45, 7) is 0. The number of thiophene rings is 1. The van der Waals surface area contributed by atoms with Crippen LogP contribution in [0, 0.1) is 0 Å². The van der Waals surface area contributed by atoms with Crippen molar-refractivity contribution in [3.63, 3.8) is 0 Å². The van der Waals surface area contributed by atoms with Gasteiger partial charge in [0.15, 0.2) is 0 Å². The van der Waals surface area contributed by atoms with Crippen LogP contribution < -0.4 is 34.7 Å². The van der Waals surface area contributed by atoms with Crippen LogP contribution in [-0.4, -0.2) is 23.3 Å². The molecule has 4 aromatic carbocycles. The SMILES string of the molecule is COC(=O)c1cccc(-c2cccs2)c1.Oc1ccccc1.Oc1ccccc1.S.[Na+].[O-]c1ccccc1. The van der Waals surface area contributed by atoms with E-state index in [9.17, 15) is 9.90 Å². The third-order valence-electron chi connectivity index (χ3n) is 4.34. The Balaban J connectivity index is 0.000000508. The number of carbonyl (C=O) groups excluding carboxylic acids is 1. The van der Waals surface area contributed by atoms with Gasteiger partial charge in [0.2, 0.25) is 0 Å². The zero-order chi connectivity index (χ0) is 26.0. The number of hydrogen-bond acceptors (Lipinski definition) is 6. The number of rotatable bonds is 2. The molecule has 0 aliphatic heterocycles. The van der Waals surface area contributed by atoms with Crippen LogP contribution in [0.15, 0.2) is 133 Å². The Labute approximate surface area is 256 Å². The number of hydrogen-bond donors (Lipinski definition) is 2. The van der Waals surface area contributed by atoms with Crippen molar-refractivity contribution in [3.8, 4) is 27.7 Å². The summed E-state index contributed by atoms with van der Waals surface area (Å²) in [5.74, 6) is 0.418. The van der Waals surface area contributed by atoms with Gasteiger partial charge in [-0.05, 0) is 53.4 Å². The molecule has 0 amide bonds. The van der Waals surface area contributed by atoms with Crippen LogP contribution >= 0.6 is 24.8 Å². The molecule has 0 aliphatic carbocycles. The smallest absolute Gasteiger partial charge is 0.872 e.